The molecule has 0 atom stereocenters. The fraction of sp³-hybridized carbons (Fsp3) is 0.273. The average molecular weight is 218 g/mol. The van der Waals surface area contributed by atoms with Crippen LogP contribution >= 0.6 is 0 Å². The Morgan fingerprint density at radius 2 is 2.19 bits per heavy atom. The van der Waals surface area contributed by atoms with E-state index in [1.165, 1.54) is 19.1 Å². The Morgan fingerprint density at radius 3 is 2.56 bits per heavy atom. The third kappa shape index (κ3) is 1.91. The summed E-state index contributed by atoms with van der Waals surface area (Å²) < 4.78 is 0. The van der Waals surface area contributed by atoms with Crippen molar-refractivity contribution >= 4 is 11.5 Å². The number of benzene rings is 1. The van der Waals surface area contributed by atoms with Crippen LogP contribution in [-0.4, -0.2) is 10.7 Å². The number of ketones is 1. The number of nitro benzene ring substituents is 1. The summed E-state index contributed by atoms with van der Waals surface area (Å²) in [6.45, 7) is 3.13. The lowest BCUT2D eigenvalue weighted by Crippen LogP contribution is -2.05. The van der Waals surface area contributed by atoms with E-state index in [0.29, 0.717) is 12.0 Å². The first-order valence-electron chi connectivity index (χ1n) is 4.74. The SMILES string of the molecule is CCc1ccc([N+](=O)[O-])c(C#N)c1C(C)=O. The van der Waals surface area contributed by atoms with Gasteiger partial charge in [0.25, 0.3) is 5.69 Å². The van der Waals surface area contributed by atoms with Crippen LogP contribution in [0.4, 0.5) is 5.69 Å². The zero-order valence-corrected chi connectivity index (χ0v) is 8.98. The van der Waals surface area contributed by atoms with Crippen LogP contribution in [0.1, 0.15) is 35.3 Å². The van der Waals surface area contributed by atoms with Gasteiger partial charge in [0.1, 0.15) is 11.6 Å². The van der Waals surface area contributed by atoms with Crippen LogP contribution < -0.4 is 0 Å². The largest absolute Gasteiger partial charge is 0.294 e. The summed E-state index contributed by atoms with van der Waals surface area (Å²) in [5.41, 5.74) is 0.371. The maximum absolute atomic E-state index is 11.4. The van der Waals surface area contributed by atoms with Crippen molar-refractivity contribution in [2.75, 3.05) is 0 Å². The molecule has 0 aliphatic rings. The molecule has 16 heavy (non-hydrogen) atoms. The monoisotopic (exact) mass is 218 g/mol. The van der Waals surface area contributed by atoms with Crippen molar-refractivity contribution in [3.8, 4) is 6.07 Å². The van der Waals surface area contributed by atoms with Crippen LogP contribution in [0.5, 0.6) is 0 Å². The standard InChI is InChI=1S/C11H10N2O3/c1-3-8-4-5-10(13(15)16)9(6-12)11(8)7(2)14/h4-5H,3H2,1-2H3. The smallest absolute Gasteiger partial charge is 0.287 e. The molecule has 0 aromatic heterocycles. The Bertz CT molecular complexity index is 501. The zero-order chi connectivity index (χ0) is 12.3. The first-order valence-corrected chi connectivity index (χ1v) is 4.74. The summed E-state index contributed by atoms with van der Waals surface area (Å²) in [6, 6.07) is 4.53. The van der Waals surface area contributed by atoms with Gasteiger partial charge < -0.3 is 0 Å². The molecule has 0 spiro atoms. The van der Waals surface area contributed by atoms with Gasteiger partial charge in [0.2, 0.25) is 0 Å². The molecule has 1 aromatic rings. The summed E-state index contributed by atoms with van der Waals surface area (Å²) in [5, 5.41) is 19.6. The Balaban J connectivity index is 3.64. The molecule has 0 saturated heterocycles. The topological polar surface area (TPSA) is 84.0 Å². The van der Waals surface area contributed by atoms with Gasteiger partial charge >= 0.3 is 0 Å². The van der Waals surface area contributed by atoms with Crippen molar-refractivity contribution in [2.45, 2.75) is 20.3 Å². The first kappa shape index (κ1) is 11.9. The van der Waals surface area contributed by atoms with Crippen molar-refractivity contribution in [3.63, 3.8) is 0 Å². The predicted molar refractivity (Wildman–Crippen MR) is 57.2 cm³/mol. The number of hydrogen-bond acceptors (Lipinski definition) is 4. The van der Waals surface area contributed by atoms with Gasteiger partial charge in [-0.2, -0.15) is 5.26 Å². The lowest BCUT2D eigenvalue weighted by Gasteiger charge is -2.06. The fourth-order valence-electron chi connectivity index (χ4n) is 1.60. The summed E-state index contributed by atoms with van der Waals surface area (Å²) in [6.07, 6.45) is 0.557. The molecule has 82 valence electrons. The number of rotatable bonds is 3. The number of nitriles is 1. The second-order valence-electron chi connectivity index (χ2n) is 3.27. The Hall–Kier alpha value is -2.22. The Kier molecular flexibility index (Phi) is 3.36. The van der Waals surface area contributed by atoms with Gasteiger partial charge in [-0.05, 0) is 18.9 Å². The summed E-state index contributed by atoms with van der Waals surface area (Å²) >= 11 is 0. The number of carbonyl (C=O) groups is 1. The number of hydrogen-bond donors (Lipinski definition) is 0. The molecule has 1 rings (SSSR count). The average Bonchev–Trinajstić information content (AvgIpc) is 2.26. The van der Waals surface area contributed by atoms with Crippen LogP contribution in [-0.2, 0) is 6.42 Å². The molecule has 0 aliphatic heterocycles. The summed E-state index contributed by atoms with van der Waals surface area (Å²) in [5.74, 6) is -0.322. The minimum atomic E-state index is -0.648. The third-order valence-electron chi connectivity index (χ3n) is 2.31. The maximum Gasteiger partial charge on any atom is 0.287 e. The molecule has 0 heterocycles. The highest BCUT2D eigenvalue weighted by molar-refractivity contribution is 5.99. The number of aryl methyl sites for hydroxylation is 1. The van der Waals surface area contributed by atoms with Crippen LogP contribution in [0.2, 0.25) is 0 Å². The molecule has 0 fully saturated rings. The van der Waals surface area contributed by atoms with Crippen molar-refractivity contribution < 1.29 is 9.72 Å². The van der Waals surface area contributed by atoms with Crippen LogP contribution in [0.3, 0.4) is 0 Å². The van der Waals surface area contributed by atoms with E-state index < -0.39 is 4.92 Å². The molecular weight excluding hydrogens is 208 g/mol. The quantitative estimate of drug-likeness (QED) is 0.442. The van der Waals surface area contributed by atoms with Gasteiger partial charge in [-0.3, -0.25) is 14.9 Å². The molecule has 0 saturated carbocycles. The molecule has 1 aromatic carbocycles. The molecule has 0 bridgehead atoms. The number of nitro groups is 1. The zero-order valence-electron chi connectivity index (χ0n) is 8.98. The van der Waals surface area contributed by atoms with E-state index in [-0.39, 0.29) is 22.6 Å². The highest BCUT2D eigenvalue weighted by Crippen LogP contribution is 2.25. The minimum Gasteiger partial charge on any atom is -0.294 e. The van der Waals surface area contributed by atoms with Crippen molar-refractivity contribution in [1.29, 1.82) is 5.26 Å². The van der Waals surface area contributed by atoms with Crippen LogP contribution in [0, 0.1) is 21.4 Å². The fourth-order valence-corrected chi connectivity index (χ4v) is 1.60. The van der Waals surface area contributed by atoms with Crippen molar-refractivity contribution in [3.05, 3.63) is 38.9 Å². The van der Waals surface area contributed by atoms with Crippen molar-refractivity contribution in [2.24, 2.45) is 0 Å². The van der Waals surface area contributed by atoms with Gasteiger partial charge in [-0.25, -0.2) is 0 Å². The predicted octanol–water partition coefficient (Wildman–Crippen LogP) is 2.23. The van der Waals surface area contributed by atoms with E-state index in [9.17, 15) is 14.9 Å². The summed E-state index contributed by atoms with van der Waals surface area (Å²) in [7, 11) is 0. The van der Waals surface area contributed by atoms with Gasteiger partial charge in [0.15, 0.2) is 5.78 Å². The molecule has 5 heteroatoms. The minimum absolute atomic E-state index is 0.142. The highest BCUT2D eigenvalue weighted by atomic mass is 16.6. The highest BCUT2D eigenvalue weighted by Gasteiger charge is 2.22. The lowest BCUT2D eigenvalue weighted by atomic mass is 9.95. The summed E-state index contributed by atoms with van der Waals surface area (Å²) in [4.78, 5) is 21.5. The molecule has 0 amide bonds. The normalized spacial score (nSPS) is 9.56. The maximum atomic E-state index is 11.4. The van der Waals surface area contributed by atoms with E-state index in [2.05, 4.69) is 0 Å². The van der Waals surface area contributed by atoms with Crippen LogP contribution in [0.25, 0.3) is 0 Å². The number of carbonyl (C=O) groups excluding carboxylic acids is 1. The number of nitrogens with zero attached hydrogens (tertiary/aromatic N) is 2. The molecule has 0 unspecified atom stereocenters. The Morgan fingerprint density at radius 1 is 1.56 bits per heavy atom. The van der Waals surface area contributed by atoms with Gasteiger partial charge in [0.05, 0.1) is 4.92 Å². The van der Waals surface area contributed by atoms with Gasteiger partial charge in [-0.1, -0.05) is 13.0 Å². The first-order chi connectivity index (χ1) is 7.52. The van der Waals surface area contributed by atoms with E-state index >= 15 is 0 Å². The second kappa shape index (κ2) is 4.53. The van der Waals surface area contributed by atoms with Gasteiger partial charge in [0, 0.05) is 11.6 Å². The van der Waals surface area contributed by atoms with E-state index in [1.807, 2.05) is 6.92 Å². The molecular formula is C11H10N2O3. The second-order valence-corrected chi connectivity index (χ2v) is 3.27. The molecule has 0 aliphatic carbocycles. The molecule has 5 nitrogen and oxygen atoms in total. The lowest BCUT2D eigenvalue weighted by molar-refractivity contribution is -0.385. The Labute approximate surface area is 92.5 Å². The van der Waals surface area contributed by atoms with E-state index in [4.69, 9.17) is 5.26 Å². The molecule has 0 radical (unpaired) electrons. The van der Waals surface area contributed by atoms with E-state index in [1.54, 1.807) is 6.07 Å². The van der Waals surface area contributed by atoms with E-state index in [0.717, 1.165) is 0 Å². The van der Waals surface area contributed by atoms with Crippen LogP contribution in [0.15, 0.2) is 12.1 Å². The van der Waals surface area contributed by atoms with Crippen molar-refractivity contribution in [1.82, 2.24) is 0 Å². The number of Topliss-reactive ketones (excluding diaryl/α,β-unsaturated/α-hetero) is 1. The van der Waals surface area contributed by atoms with Gasteiger partial charge in [-0.15, -0.1) is 0 Å². The third-order valence-corrected chi connectivity index (χ3v) is 2.31. The molecule has 0 N–H and O–H groups in total.